The average Bonchev–Trinajstić information content (AvgIpc) is 3.21. The molecule has 0 bridgehead atoms. The number of hydrogen-bond donors (Lipinski definition) is 0. The third kappa shape index (κ3) is 3.55. The molecule has 3 heterocycles. The summed E-state index contributed by atoms with van der Waals surface area (Å²) in [5, 5.41) is 3.60. The predicted octanol–water partition coefficient (Wildman–Crippen LogP) is 7.42. The molecule has 6 aromatic rings. The highest BCUT2D eigenvalue weighted by Gasteiger charge is 2.22. The fourth-order valence-electron chi connectivity index (χ4n) is 4.01. The molecular weight excluding hydrogens is 424 g/mol. The molecule has 0 atom stereocenters. The maximum absolute atomic E-state index is 4.89. The van der Waals surface area contributed by atoms with E-state index in [0.717, 1.165) is 28.0 Å². The van der Waals surface area contributed by atoms with Crippen molar-refractivity contribution in [3.05, 3.63) is 84.7 Å². The normalized spacial score (nSPS) is 12.1. The first-order valence-corrected chi connectivity index (χ1v) is 11.8. The Labute approximate surface area is 196 Å². The van der Waals surface area contributed by atoms with Crippen LogP contribution in [0.25, 0.3) is 54.0 Å². The van der Waals surface area contributed by atoms with Crippen LogP contribution in [-0.2, 0) is 5.41 Å². The van der Waals surface area contributed by atoms with E-state index in [0.29, 0.717) is 11.6 Å². The maximum Gasteiger partial charge on any atom is 0.182 e. The summed E-state index contributed by atoms with van der Waals surface area (Å²) in [5.74, 6) is 2.04. The maximum atomic E-state index is 4.89. The molecule has 0 saturated carbocycles. The second-order valence-electron chi connectivity index (χ2n) is 9.25. The van der Waals surface area contributed by atoms with Crippen LogP contribution in [0, 0.1) is 0 Å². The monoisotopic (exact) mass is 446 g/mol. The van der Waals surface area contributed by atoms with Crippen LogP contribution in [0.3, 0.4) is 0 Å². The van der Waals surface area contributed by atoms with Gasteiger partial charge in [0, 0.05) is 36.5 Å². The predicted molar refractivity (Wildman–Crippen MR) is 138 cm³/mol. The molecule has 5 heteroatoms. The first-order valence-electron chi connectivity index (χ1n) is 11.0. The van der Waals surface area contributed by atoms with Crippen LogP contribution in [0.4, 0.5) is 0 Å². The van der Waals surface area contributed by atoms with Crippen molar-refractivity contribution in [2.24, 2.45) is 0 Å². The minimum atomic E-state index is -0.220. The van der Waals surface area contributed by atoms with Gasteiger partial charge in [-0.15, -0.1) is 11.3 Å². The highest BCUT2D eigenvalue weighted by Crippen LogP contribution is 2.36. The summed E-state index contributed by atoms with van der Waals surface area (Å²) >= 11 is 1.81. The molecule has 0 radical (unpaired) electrons. The molecule has 33 heavy (non-hydrogen) atoms. The number of hydrogen-bond acceptors (Lipinski definition) is 5. The lowest BCUT2D eigenvalue weighted by atomic mass is 9.95. The van der Waals surface area contributed by atoms with E-state index in [1.54, 1.807) is 0 Å². The van der Waals surface area contributed by atoms with Gasteiger partial charge in [-0.1, -0.05) is 63.2 Å². The van der Waals surface area contributed by atoms with E-state index in [9.17, 15) is 0 Å². The van der Waals surface area contributed by atoms with E-state index in [2.05, 4.69) is 75.4 Å². The van der Waals surface area contributed by atoms with Crippen LogP contribution in [0.5, 0.6) is 0 Å². The van der Waals surface area contributed by atoms with Gasteiger partial charge in [0.1, 0.15) is 11.5 Å². The van der Waals surface area contributed by atoms with Gasteiger partial charge in [-0.2, -0.15) is 0 Å². The third-order valence-corrected chi connectivity index (χ3v) is 6.92. The number of aromatic nitrogens is 4. The quantitative estimate of drug-likeness (QED) is 0.278. The highest BCUT2D eigenvalue weighted by molar-refractivity contribution is 7.25. The van der Waals surface area contributed by atoms with Gasteiger partial charge in [0.15, 0.2) is 11.6 Å². The summed E-state index contributed by atoms with van der Waals surface area (Å²) in [5.41, 5.74) is 2.45. The summed E-state index contributed by atoms with van der Waals surface area (Å²) in [6, 6.07) is 27.2. The molecule has 0 N–H and O–H groups in total. The zero-order chi connectivity index (χ0) is 22.6. The Kier molecular flexibility index (Phi) is 4.49. The summed E-state index contributed by atoms with van der Waals surface area (Å²) < 4.78 is 2.55. The van der Waals surface area contributed by atoms with Crippen LogP contribution >= 0.6 is 11.3 Å². The SMILES string of the molecule is CC(C)(C)c1nc(-c2ccc3sc4ccccc4c3c2)nc(-c2ccc3ccccc3n2)n1. The topological polar surface area (TPSA) is 51.6 Å². The number of para-hydroxylation sites is 1. The summed E-state index contributed by atoms with van der Waals surface area (Å²) in [7, 11) is 0. The first kappa shape index (κ1) is 19.9. The second kappa shape index (κ2) is 7.42. The Morgan fingerprint density at radius 1 is 0.636 bits per heavy atom. The average molecular weight is 447 g/mol. The van der Waals surface area contributed by atoms with Crippen molar-refractivity contribution in [1.82, 2.24) is 19.9 Å². The van der Waals surface area contributed by atoms with Crippen LogP contribution in [-0.4, -0.2) is 19.9 Å². The van der Waals surface area contributed by atoms with Crippen molar-refractivity contribution in [2.75, 3.05) is 0 Å². The van der Waals surface area contributed by atoms with Gasteiger partial charge in [0.25, 0.3) is 0 Å². The van der Waals surface area contributed by atoms with Crippen LogP contribution in [0.15, 0.2) is 78.9 Å². The van der Waals surface area contributed by atoms with E-state index < -0.39 is 0 Å². The largest absolute Gasteiger partial charge is 0.244 e. The molecule has 6 rings (SSSR count). The zero-order valence-electron chi connectivity index (χ0n) is 18.7. The third-order valence-electron chi connectivity index (χ3n) is 5.77. The van der Waals surface area contributed by atoms with Crippen molar-refractivity contribution in [3.63, 3.8) is 0 Å². The Morgan fingerprint density at radius 3 is 2.27 bits per heavy atom. The lowest BCUT2D eigenvalue weighted by molar-refractivity contribution is 0.543. The van der Waals surface area contributed by atoms with Crippen molar-refractivity contribution in [1.29, 1.82) is 0 Å². The zero-order valence-corrected chi connectivity index (χ0v) is 19.5. The smallest absolute Gasteiger partial charge is 0.182 e. The van der Waals surface area contributed by atoms with Crippen LogP contribution in [0.1, 0.15) is 26.6 Å². The van der Waals surface area contributed by atoms with Crippen LogP contribution in [0.2, 0.25) is 0 Å². The molecule has 0 unspecified atom stereocenters. The number of thiophene rings is 1. The van der Waals surface area contributed by atoms with Gasteiger partial charge in [-0.3, -0.25) is 0 Å². The molecule has 0 saturated heterocycles. The van der Waals surface area contributed by atoms with E-state index in [4.69, 9.17) is 19.9 Å². The van der Waals surface area contributed by atoms with Gasteiger partial charge < -0.3 is 0 Å². The van der Waals surface area contributed by atoms with E-state index in [1.165, 1.54) is 20.2 Å². The van der Waals surface area contributed by atoms with Gasteiger partial charge in [-0.25, -0.2) is 19.9 Å². The lowest BCUT2D eigenvalue weighted by Gasteiger charge is -2.18. The Hall–Kier alpha value is -3.70. The highest BCUT2D eigenvalue weighted by atomic mass is 32.1. The minimum Gasteiger partial charge on any atom is -0.244 e. The molecule has 0 spiro atoms. The molecule has 3 aromatic heterocycles. The van der Waals surface area contributed by atoms with Crippen molar-refractivity contribution in [3.8, 4) is 22.9 Å². The molecule has 0 aliphatic carbocycles. The molecule has 0 fully saturated rings. The van der Waals surface area contributed by atoms with Crippen molar-refractivity contribution in [2.45, 2.75) is 26.2 Å². The lowest BCUT2D eigenvalue weighted by Crippen LogP contribution is -2.18. The van der Waals surface area contributed by atoms with Crippen LogP contribution < -0.4 is 0 Å². The molecule has 0 aliphatic rings. The van der Waals surface area contributed by atoms with E-state index >= 15 is 0 Å². The molecule has 3 aromatic carbocycles. The summed E-state index contributed by atoms with van der Waals surface area (Å²) in [6.07, 6.45) is 0. The number of rotatable bonds is 2. The van der Waals surface area contributed by atoms with Gasteiger partial charge in [0.05, 0.1) is 5.52 Å². The first-order chi connectivity index (χ1) is 16.0. The minimum absolute atomic E-state index is 0.220. The fourth-order valence-corrected chi connectivity index (χ4v) is 5.10. The molecular formula is C28H22N4S. The van der Waals surface area contributed by atoms with Crippen molar-refractivity contribution >= 4 is 42.4 Å². The second-order valence-corrected chi connectivity index (χ2v) is 10.3. The Balaban J connectivity index is 1.56. The molecule has 0 aliphatic heterocycles. The fraction of sp³-hybridized carbons (Fsp3) is 0.143. The molecule has 4 nitrogen and oxygen atoms in total. The summed E-state index contributed by atoms with van der Waals surface area (Å²) in [6.45, 7) is 6.37. The number of benzene rings is 3. The molecule has 160 valence electrons. The van der Waals surface area contributed by atoms with Crippen molar-refractivity contribution < 1.29 is 0 Å². The van der Waals surface area contributed by atoms with E-state index in [-0.39, 0.29) is 5.41 Å². The number of nitrogens with zero attached hydrogens (tertiary/aromatic N) is 4. The Bertz CT molecular complexity index is 1660. The van der Waals surface area contributed by atoms with Gasteiger partial charge in [-0.05, 0) is 36.4 Å². The van der Waals surface area contributed by atoms with Gasteiger partial charge in [0.2, 0.25) is 0 Å². The molecule has 0 amide bonds. The standard InChI is InChI=1S/C28H22N4S/c1-28(2,3)27-31-25(18-13-15-24-20(16-18)19-9-5-7-11-23(19)33-24)30-26(32-27)22-14-12-17-8-4-6-10-21(17)29-22/h4-16H,1-3H3. The number of pyridine rings is 1. The summed E-state index contributed by atoms with van der Waals surface area (Å²) in [4.78, 5) is 19.4. The number of fused-ring (bicyclic) bond motifs is 4. The Morgan fingerprint density at radius 2 is 1.39 bits per heavy atom. The van der Waals surface area contributed by atoms with Gasteiger partial charge >= 0.3 is 0 Å². The van der Waals surface area contributed by atoms with E-state index in [1.807, 2.05) is 35.6 Å².